The molecule has 5 nitrogen and oxygen atoms in total. The molecule has 0 spiro atoms. The standard InChI is InChI=1S/C18H17ClN2O3S/c1-23-14-6-4-3-5-11(14)9-16-17(22)21-18(25-16)20-13-10-12(19)7-8-15(13)24-2/h3-10,18,20H,1-2H3,(H,21,22)/b16-9-. The molecule has 2 aromatic carbocycles. The summed E-state index contributed by atoms with van der Waals surface area (Å²) in [6.45, 7) is 0. The van der Waals surface area contributed by atoms with E-state index in [0.29, 0.717) is 21.4 Å². The third kappa shape index (κ3) is 4.03. The first-order valence-electron chi connectivity index (χ1n) is 7.53. The van der Waals surface area contributed by atoms with E-state index < -0.39 is 0 Å². The molecular formula is C18H17ClN2O3S. The van der Waals surface area contributed by atoms with Crippen LogP contribution < -0.4 is 20.1 Å². The molecule has 130 valence electrons. The Bertz CT molecular complexity index is 826. The van der Waals surface area contributed by atoms with Gasteiger partial charge in [-0.1, -0.05) is 41.6 Å². The van der Waals surface area contributed by atoms with Gasteiger partial charge in [0.05, 0.1) is 24.8 Å². The van der Waals surface area contributed by atoms with Crippen molar-refractivity contribution in [2.75, 3.05) is 19.5 Å². The lowest BCUT2D eigenvalue weighted by Crippen LogP contribution is -2.31. The van der Waals surface area contributed by atoms with E-state index in [1.165, 1.54) is 11.8 Å². The summed E-state index contributed by atoms with van der Waals surface area (Å²) >= 11 is 7.43. The van der Waals surface area contributed by atoms with Crippen molar-refractivity contribution in [1.29, 1.82) is 0 Å². The molecule has 0 bridgehead atoms. The van der Waals surface area contributed by atoms with Crippen LogP contribution in [-0.4, -0.2) is 25.6 Å². The molecule has 1 saturated heterocycles. The monoisotopic (exact) mass is 376 g/mol. The molecule has 0 aromatic heterocycles. The summed E-state index contributed by atoms with van der Waals surface area (Å²) in [5.41, 5.74) is 1.25. The molecule has 1 fully saturated rings. The van der Waals surface area contributed by atoms with Crippen molar-refractivity contribution in [2.45, 2.75) is 5.50 Å². The molecule has 1 aliphatic heterocycles. The minimum atomic E-state index is -0.319. The Balaban J connectivity index is 1.79. The van der Waals surface area contributed by atoms with Crippen LogP contribution in [-0.2, 0) is 4.79 Å². The van der Waals surface area contributed by atoms with E-state index in [1.807, 2.05) is 30.3 Å². The number of rotatable bonds is 5. The summed E-state index contributed by atoms with van der Waals surface area (Å²) in [6, 6.07) is 12.8. The van der Waals surface area contributed by atoms with Crippen LogP contribution in [0.25, 0.3) is 6.08 Å². The molecule has 1 amide bonds. The predicted molar refractivity (Wildman–Crippen MR) is 102 cm³/mol. The SMILES string of the molecule is COc1ccccc1/C=C1\SC(Nc2cc(Cl)ccc2OC)NC1=O. The maximum Gasteiger partial charge on any atom is 0.260 e. The first-order valence-corrected chi connectivity index (χ1v) is 8.79. The Morgan fingerprint density at radius 3 is 2.68 bits per heavy atom. The van der Waals surface area contributed by atoms with E-state index in [9.17, 15) is 4.79 Å². The Morgan fingerprint density at radius 1 is 1.16 bits per heavy atom. The third-order valence-electron chi connectivity index (χ3n) is 3.60. The van der Waals surface area contributed by atoms with E-state index in [4.69, 9.17) is 21.1 Å². The second-order valence-electron chi connectivity index (χ2n) is 5.21. The van der Waals surface area contributed by atoms with Crippen LogP contribution in [0, 0.1) is 0 Å². The number of carbonyl (C=O) groups excluding carboxylic acids is 1. The van der Waals surface area contributed by atoms with Crippen molar-refractivity contribution in [3.8, 4) is 11.5 Å². The number of benzene rings is 2. The van der Waals surface area contributed by atoms with Crippen LogP contribution in [0.4, 0.5) is 5.69 Å². The highest BCUT2D eigenvalue weighted by Gasteiger charge is 2.28. The van der Waals surface area contributed by atoms with Crippen molar-refractivity contribution in [1.82, 2.24) is 5.32 Å². The number of anilines is 1. The molecule has 0 aliphatic carbocycles. The molecule has 1 aliphatic rings. The highest BCUT2D eigenvalue weighted by atomic mass is 35.5. The lowest BCUT2D eigenvalue weighted by Gasteiger charge is -2.15. The van der Waals surface area contributed by atoms with Crippen molar-refractivity contribution in [3.63, 3.8) is 0 Å². The molecule has 1 atom stereocenters. The molecular weight excluding hydrogens is 360 g/mol. The zero-order chi connectivity index (χ0) is 17.8. The zero-order valence-electron chi connectivity index (χ0n) is 13.7. The van der Waals surface area contributed by atoms with Crippen LogP contribution in [0.3, 0.4) is 0 Å². The van der Waals surface area contributed by atoms with Gasteiger partial charge in [-0.05, 0) is 30.3 Å². The van der Waals surface area contributed by atoms with Gasteiger partial charge in [-0.3, -0.25) is 4.79 Å². The molecule has 2 N–H and O–H groups in total. The number of nitrogens with one attached hydrogen (secondary N) is 2. The first kappa shape index (κ1) is 17.5. The summed E-state index contributed by atoms with van der Waals surface area (Å²) in [7, 11) is 3.19. The molecule has 2 aromatic rings. The Kier molecular flexibility index (Phi) is 5.40. The van der Waals surface area contributed by atoms with E-state index in [2.05, 4.69) is 10.6 Å². The topological polar surface area (TPSA) is 59.6 Å². The second-order valence-corrected chi connectivity index (χ2v) is 6.79. The molecule has 1 heterocycles. The van der Waals surface area contributed by atoms with Gasteiger partial charge >= 0.3 is 0 Å². The van der Waals surface area contributed by atoms with Crippen LogP contribution in [0.2, 0.25) is 5.02 Å². The third-order valence-corrected chi connectivity index (χ3v) is 4.87. The van der Waals surface area contributed by atoms with Gasteiger partial charge in [-0.25, -0.2) is 0 Å². The van der Waals surface area contributed by atoms with Gasteiger partial charge < -0.3 is 20.1 Å². The first-order chi connectivity index (χ1) is 12.1. The summed E-state index contributed by atoms with van der Waals surface area (Å²) in [6.07, 6.45) is 1.82. The number of ether oxygens (including phenoxy) is 2. The summed E-state index contributed by atoms with van der Waals surface area (Å²) in [5.74, 6) is 1.23. The molecule has 1 unspecified atom stereocenters. The maximum absolute atomic E-state index is 12.3. The van der Waals surface area contributed by atoms with Crippen LogP contribution in [0.15, 0.2) is 47.4 Å². The van der Waals surface area contributed by atoms with Crippen LogP contribution >= 0.6 is 23.4 Å². The lowest BCUT2D eigenvalue weighted by molar-refractivity contribution is -0.116. The van der Waals surface area contributed by atoms with Gasteiger partial charge in [0.1, 0.15) is 11.5 Å². The maximum atomic E-state index is 12.3. The molecule has 0 radical (unpaired) electrons. The quantitative estimate of drug-likeness (QED) is 0.773. The normalized spacial score (nSPS) is 18.1. The molecule has 25 heavy (non-hydrogen) atoms. The average molecular weight is 377 g/mol. The minimum Gasteiger partial charge on any atom is -0.496 e. The van der Waals surface area contributed by atoms with Gasteiger partial charge in [0, 0.05) is 10.6 Å². The van der Waals surface area contributed by atoms with Crippen molar-refractivity contribution >= 4 is 41.0 Å². The second kappa shape index (κ2) is 7.72. The highest BCUT2D eigenvalue weighted by molar-refractivity contribution is 8.05. The number of methoxy groups -OCH3 is 2. The van der Waals surface area contributed by atoms with Crippen LogP contribution in [0.1, 0.15) is 5.56 Å². The smallest absolute Gasteiger partial charge is 0.260 e. The Morgan fingerprint density at radius 2 is 1.92 bits per heavy atom. The van der Waals surface area contributed by atoms with E-state index >= 15 is 0 Å². The van der Waals surface area contributed by atoms with E-state index in [1.54, 1.807) is 32.4 Å². The highest BCUT2D eigenvalue weighted by Crippen LogP contribution is 2.35. The number of carbonyl (C=O) groups is 1. The fourth-order valence-corrected chi connectivity index (χ4v) is 3.57. The lowest BCUT2D eigenvalue weighted by atomic mass is 10.2. The number of para-hydroxylation sites is 1. The number of thioether (sulfide) groups is 1. The van der Waals surface area contributed by atoms with E-state index in [0.717, 1.165) is 11.3 Å². The van der Waals surface area contributed by atoms with Gasteiger partial charge in [0.15, 0.2) is 5.50 Å². The van der Waals surface area contributed by atoms with Crippen LogP contribution in [0.5, 0.6) is 11.5 Å². The Hall–Kier alpha value is -2.31. The molecule has 0 saturated carbocycles. The largest absolute Gasteiger partial charge is 0.496 e. The van der Waals surface area contributed by atoms with E-state index in [-0.39, 0.29) is 11.4 Å². The fraction of sp³-hybridized carbons (Fsp3) is 0.167. The van der Waals surface area contributed by atoms with Crippen molar-refractivity contribution in [2.24, 2.45) is 0 Å². The summed E-state index contributed by atoms with van der Waals surface area (Å²) in [5, 5.41) is 6.70. The molecule has 7 heteroatoms. The summed E-state index contributed by atoms with van der Waals surface area (Å²) < 4.78 is 10.6. The van der Waals surface area contributed by atoms with Gasteiger partial charge in [0.2, 0.25) is 0 Å². The number of hydrogen-bond acceptors (Lipinski definition) is 5. The minimum absolute atomic E-state index is 0.144. The number of hydrogen-bond donors (Lipinski definition) is 2. The van der Waals surface area contributed by atoms with Crippen molar-refractivity contribution in [3.05, 3.63) is 58.0 Å². The molecule has 3 rings (SSSR count). The average Bonchev–Trinajstić information content (AvgIpc) is 2.95. The predicted octanol–water partition coefficient (Wildman–Crippen LogP) is 3.96. The van der Waals surface area contributed by atoms with Gasteiger partial charge in [-0.15, -0.1) is 0 Å². The zero-order valence-corrected chi connectivity index (χ0v) is 15.3. The number of amides is 1. The number of halogens is 1. The summed E-state index contributed by atoms with van der Waals surface area (Å²) in [4.78, 5) is 12.9. The van der Waals surface area contributed by atoms with Gasteiger partial charge in [0.25, 0.3) is 5.91 Å². The van der Waals surface area contributed by atoms with Gasteiger partial charge in [-0.2, -0.15) is 0 Å². The van der Waals surface area contributed by atoms with Crippen molar-refractivity contribution < 1.29 is 14.3 Å². The Labute approximate surface area is 155 Å². The fourth-order valence-electron chi connectivity index (χ4n) is 2.43.